The smallest absolute Gasteiger partial charge is 0.243 e. The minimum atomic E-state index is -1.68. The van der Waals surface area contributed by atoms with E-state index in [0.29, 0.717) is 15.4 Å². The van der Waals surface area contributed by atoms with Gasteiger partial charge in [-0.1, -0.05) is 23.4 Å². The van der Waals surface area contributed by atoms with Crippen LogP contribution in [0, 0.1) is 17.5 Å². The number of fused-ring (bicyclic) bond motifs is 1. The van der Waals surface area contributed by atoms with Crippen molar-refractivity contribution in [3.63, 3.8) is 0 Å². The number of carbonyl (C=O) groups excluding carboxylic acids is 2. The first-order chi connectivity index (χ1) is 13.3. The molecular weight excluding hydrogens is 435 g/mol. The number of thioether (sulfide) groups is 1. The SMILES string of the molecule is O=C(CSc1nc2cc(Cl)ccc2s1)NCC(=O)Nc1ccc(F)c(F)c1F. The minimum absolute atomic E-state index is 0.0143. The van der Waals surface area contributed by atoms with Gasteiger partial charge in [0.05, 0.1) is 28.2 Å². The highest BCUT2D eigenvalue weighted by Crippen LogP contribution is 2.30. The Kier molecular flexibility index (Phi) is 6.42. The quantitative estimate of drug-likeness (QED) is 0.440. The van der Waals surface area contributed by atoms with Crippen LogP contribution in [-0.2, 0) is 9.59 Å². The standard InChI is InChI=1S/C17H11ClF3N3O2S2/c18-8-1-4-12-11(5-8)24-17(28-12)27-7-14(26)22-6-13(25)23-10-3-2-9(19)15(20)16(10)21/h1-5H,6-7H2,(H,22,26)(H,23,25). The van der Waals surface area contributed by atoms with E-state index < -0.39 is 41.5 Å². The second-order valence-electron chi connectivity index (χ2n) is 5.43. The third-order valence-corrected chi connectivity index (χ3v) is 5.83. The molecule has 2 aromatic carbocycles. The van der Waals surface area contributed by atoms with Crippen molar-refractivity contribution in [2.45, 2.75) is 4.34 Å². The van der Waals surface area contributed by atoms with Gasteiger partial charge in [0.15, 0.2) is 21.8 Å². The normalized spacial score (nSPS) is 10.9. The van der Waals surface area contributed by atoms with E-state index in [1.807, 2.05) is 6.07 Å². The molecule has 0 spiro atoms. The summed E-state index contributed by atoms with van der Waals surface area (Å²) in [4.78, 5) is 28.0. The van der Waals surface area contributed by atoms with Gasteiger partial charge in [-0.15, -0.1) is 11.3 Å². The lowest BCUT2D eigenvalue weighted by molar-refractivity contribution is -0.122. The van der Waals surface area contributed by atoms with Crippen LogP contribution in [-0.4, -0.2) is 29.1 Å². The van der Waals surface area contributed by atoms with Crippen LogP contribution >= 0.6 is 34.7 Å². The first-order valence-corrected chi connectivity index (χ1v) is 9.90. The molecule has 0 aliphatic heterocycles. The Labute approximate surface area is 170 Å². The van der Waals surface area contributed by atoms with Crippen molar-refractivity contribution in [3.8, 4) is 0 Å². The van der Waals surface area contributed by atoms with Gasteiger partial charge >= 0.3 is 0 Å². The summed E-state index contributed by atoms with van der Waals surface area (Å²) >= 11 is 8.50. The van der Waals surface area contributed by atoms with Crippen LogP contribution in [0.2, 0.25) is 5.02 Å². The summed E-state index contributed by atoms with van der Waals surface area (Å²) < 4.78 is 41.1. The van der Waals surface area contributed by atoms with Crippen LogP contribution in [0.3, 0.4) is 0 Å². The van der Waals surface area contributed by atoms with Crippen molar-refractivity contribution < 1.29 is 22.8 Å². The molecule has 0 bridgehead atoms. The van der Waals surface area contributed by atoms with Gasteiger partial charge in [0.2, 0.25) is 11.8 Å². The molecule has 0 aliphatic rings. The summed E-state index contributed by atoms with van der Waals surface area (Å²) in [7, 11) is 0. The predicted octanol–water partition coefficient (Wildman–Crippen LogP) is 4.21. The zero-order chi connectivity index (χ0) is 20.3. The predicted molar refractivity (Wildman–Crippen MR) is 103 cm³/mol. The van der Waals surface area contributed by atoms with Crippen molar-refractivity contribution in [1.82, 2.24) is 10.3 Å². The van der Waals surface area contributed by atoms with Crippen molar-refractivity contribution >= 4 is 62.4 Å². The molecule has 3 aromatic rings. The lowest BCUT2D eigenvalue weighted by atomic mass is 10.2. The summed E-state index contributed by atoms with van der Waals surface area (Å²) in [6, 6.07) is 6.88. The third-order valence-electron chi connectivity index (χ3n) is 3.41. The van der Waals surface area contributed by atoms with Gasteiger partial charge in [-0.25, -0.2) is 18.2 Å². The molecule has 0 radical (unpaired) electrons. The maximum atomic E-state index is 13.5. The molecule has 0 saturated heterocycles. The second kappa shape index (κ2) is 8.80. The Bertz CT molecular complexity index is 1060. The fraction of sp³-hybridized carbons (Fsp3) is 0.118. The summed E-state index contributed by atoms with van der Waals surface area (Å²) in [5.41, 5.74) is 0.217. The van der Waals surface area contributed by atoms with Crippen LogP contribution < -0.4 is 10.6 Å². The van der Waals surface area contributed by atoms with Crippen LogP contribution in [0.4, 0.5) is 18.9 Å². The largest absolute Gasteiger partial charge is 0.346 e. The van der Waals surface area contributed by atoms with E-state index in [1.54, 1.807) is 12.1 Å². The monoisotopic (exact) mass is 445 g/mol. The molecule has 146 valence electrons. The molecule has 1 heterocycles. The highest BCUT2D eigenvalue weighted by molar-refractivity contribution is 8.01. The van der Waals surface area contributed by atoms with E-state index in [1.165, 1.54) is 23.1 Å². The van der Waals surface area contributed by atoms with Crippen molar-refractivity contribution in [2.24, 2.45) is 0 Å². The first kappa shape index (κ1) is 20.4. The lowest BCUT2D eigenvalue weighted by Crippen LogP contribution is -2.34. The van der Waals surface area contributed by atoms with E-state index >= 15 is 0 Å². The average Bonchev–Trinajstić information content (AvgIpc) is 3.07. The summed E-state index contributed by atoms with van der Waals surface area (Å²) in [6.45, 7) is -0.451. The maximum Gasteiger partial charge on any atom is 0.243 e. The Morgan fingerprint density at radius 3 is 2.68 bits per heavy atom. The molecule has 2 amide bonds. The topological polar surface area (TPSA) is 71.1 Å². The van der Waals surface area contributed by atoms with Crippen molar-refractivity contribution in [1.29, 1.82) is 0 Å². The number of aromatic nitrogens is 1. The Balaban J connectivity index is 1.48. The number of anilines is 1. The van der Waals surface area contributed by atoms with Crippen LogP contribution in [0.1, 0.15) is 0 Å². The molecule has 28 heavy (non-hydrogen) atoms. The molecule has 3 rings (SSSR count). The summed E-state index contributed by atoms with van der Waals surface area (Å²) in [5, 5.41) is 4.99. The highest BCUT2D eigenvalue weighted by Gasteiger charge is 2.16. The zero-order valence-corrected chi connectivity index (χ0v) is 16.3. The minimum Gasteiger partial charge on any atom is -0.346 e. The average molecular weight is 446 g/mol. The third kappa shape index (κ3) is 4.94. The fourth-order valence-corrected chi connectivity index (χ4v) is 4.16. The molecule has 11 heteroatoms. The van der Waals surface area contributed by atoms with E-state index in [0.717, 1.165) is 16.3 Å². The fourth-order valence-electron chi connectivity index (χ4n) is 2.12. The summed E-state index contributed by atoms with van der Waals surface area (Å²) in [5.74, 6) is -5.76. The summed E-state index contributed by atoms with van der Waals surface area (Å²) in [6.07, 6.45) is 0. The van der Waals surface area contributed by atoms with Gasteiger partial charge in [-0.3, -0.25) is 9.59 Å². The molecule has 5 nitrogen and oxygen atoms in total. The number of rotatable bonds is 6. The molecule has 0 unspecified atom stereocenters. The number of carbonyl (C=O) groups is 2. The van der Waals surface area contributed by atoms with Gasteiger partial charge < -0.3 is 10.6 Å². The molecule has 0 fully saturated rings. The van der Waals surface area contributed by atoms with E-state index in [4.69, 9.17) is 11.6 Å². The number of nitrogens with one attached hydrogen (secondary N) is 2. The van der Waals surface area contributed by atoms with Crippen molar-refractivity contribution in [2.75, 3.05) is 17.6 Å². The highest BCUT2D eigenvalue weighted by atomic mass is 35.5. The molecule has 1 aromatic heterocycles. The molecule has 0 saturated carbocycles. The Hall–Kier alpha value is -2.30. The van der Waals surface area contributed by atoms with Crippen LogP contribution in [0.25, 0.3) is 10.2 Å². The van der Waals surface area contributed by atoms with Gasteiger partial charge in [0.1, 0.15) is 0 Å². The number of hydrogen-bond acceptors (Lipinski definition) is 5. The lowest BCUT2D eigenvalue weighted by Gasteiger charge is -2.08. The second-order valence-corrected chi connectivity index (χ2v) is 8.12. The van der Waals surface area contributed by atoms with Crippen molar-refractivity contribution in [3.05, 3.63) is 52.8 Å². The Morgan fingerprint density at radius 2 is 1.89 bits per heavy atom. The molecule has 0 aliphatic carbocycles. The van der Waals surface area contributed by atoms with Gasteiger partial charge in [-0.2, -0.15) is 0 Å². The zero-order valence-electron chi connectivity index (χ0n) is 13.9. The van der Waals surface area contributed by atoms with Crippen LogP contribution in [0.5, 0.6) is 0 Å². The van der Waals surface area contributed by atoms with Gasteiger partial charge in [0.25, 0.3) is 0 Å². The number of thiazole rings is 1. The van der Waals surface area contributed by atoms with E-state index in [9.17, 15) is 22.8 Å². The number of halogens is 4. The maximum absolute atomic E-state index is 13.5. The van der Waals surface area contributed by atoms with Gasteiger partial charge in [-0.05, 0) is 30.3 Å². The van der Waals surface area contributed by atoms with E-state index in [-0.39, 0.29) is 5.75 Å². The van der Waals surface area contributed by atoms with E-state index in [2.05, 4.69) is 15.6 Å². The molecule has 0 atom stereocenters. The number of benzene rings is 2. The number of amides is 2. The molecule has 2 N–H and O–H groups in total. The molecular formula is C17H11ClF3N3O2S2. The number of hydrogen-bond donors (Lipinski definition) is 2. The van der Waals surface area contributed by atoms with Crippen LogP contribution in [0.15, 0.2) is 34.7 Å². The number of nitrogens with zero attached hydrogens (tertiary/aromatic N) is 1. The Morgan fingerprint density at radius 1 is 1.11 bits per heavy atom. The van der Waals surface area contributed by atoms with Gasteiger partial charge in [0, 0.05) is 5.02 Å². The first-order valence-electron chi connectivity index (χ1n) is 7.72.